The van der Waals surface area contributed by atoms with Crippen LogP contribution in [-0.4, -0.2) is 24.9 Å². The minimum atomic E-state index is -0.106. The van der Waals surface area contributed by atoms with Gasteiger partial charge in [-0.15, -0.1) is 5.10 Å². The Kier molecular flexibility index (Phi) is 7.07. The number of H-pyrrole nitrogens is 1. The van der Waals surface area contributed by atoms with Crippen LogP contribution in [0.4, 0.5) is 17.3 Å². The molecule has 0 aliphatic heterocycles. The van der Waals surface area contributed by atoms with E-state index in [0.717, 1.165) is 61.4 Å². The third-order valence-electron chi connectivity index (χ3n) is 8.82. The Morgan fingerprint density at radius 3 is 2.17 bits per heavy atom. The summed E-state index contributed by atoms with van der Waals surface area (Å²) in [6, 6.07) is 49.2. The highest BCUT2D eigenvalue weighted by molar-refractivity contribution is 5.97. The predicted octanol–water partition coefficient (Wildman–Crippen LogP) is 10.7. The lowest BCUT2D eigenvalue weighted by Crippen LogP contribution is -2.14. The first-order valence-electron chi connectivity index (χ1n) is 16.2. The van der Waals surface area contributed by atoms with Crippen LogP contribution in [-0.2, 0) is 5.41 Å². The molecule has 2 N–H and O–H groups in total. The maximum Gasteiger partial charge on any atom is 0.169 e. The van der Waals surface area contributed by atoms with Gasteiger partial charge in [0.05, 0.1) is 16.9 Å². The first-order chi connectivity index (χ1) is 23.3. The summed E-state index contributed by atoms with van der Waals surface area (Å²) in [7, 11) is 0. The van der Waals surface area contributed by atoms with Crippen molar-refractivity contribution in [3.8, 4) is 34.0 Å². The first kappa shape index (κ1) is 29.3. The molecule has 8 aromatic rings. The summed E-state index contributed by atoms with van der Waals surface area (Å²) in [5.74, 6) is 1.59. The molecule has 5 aromatic carbocycles. The number of nitrogens with zero attached hydrogens (tertiary/aromatic N) is 4. The van der Waals surface area contributed by atoms with Gasteiger partial charge >= 0.3 is 0 Å². The molecule has 0 unspecified atom stereocenters. The van der Waals surface area contributed by atoms with Gasteiger partial charge in [0.1, 0.15) is 17.3 Å². The molecule has 0 bridgehead atoms. The average molecular weight is 626 g/mol. The molecule has 0 amide bonds. The van der Waals surface area contributed by atoms with E-state index in [-0.39, 0.29) is 11.2 Å². The van der Waals surface area contributed by atoms with Crippen LogP contribution in [0.5, 0.6) is 5.75 Å². The van der Waals surface area contributed by atoms with E-state index in [4.69, 9.17) is 10.1 Å². The van der Waals surface area contributed by atoms with Crippen molar-refractivity contribution in [3.05, 3.63) is 151 Å². The van der Waals surface area contributed by atoms with Gasteiger partial charge in [-0.1, -0.05) is 106 Å². The average Bonchev–Trinajstić information content (AvgIpc) is 3.71. The third kappa shape index (κ3) is 5.27. The number of nitrogens with one attached hydrogen (secondary N) is 1. The molecule has 0 saturated carbocycles. The van der Waals surface area contributed by atoms with Gasteiger partial charge in [0.15, 0.2) is 5.82 Å². The molecule has 6 nitrogen and oxygen atoms in total. The van der Waals surface area contributed by atoms with E-state index in [1.165, 1.54) is 0 Å². The van der Waals surface area contributed by atoms with Crippen molar-refractivity contribution in [1.82, 2.24) is 19.7 Å². The van der Waals surface area contributed by atoms with Crippen LogP contribution in [0.3, 0.4) is 0 Å². The van der Waals surface area contributed by atoms with E-state index in [0.29, 0.717) is 11.5 Å². The zero-order valence-electron chi connectivity index (χ0n) is 27.1. The second-order valence-corrected chi connectivity index (χ2v) is 13.1. The van der Waals surface area contributed by atoms with E-state index in [1.54, 1.807) is 6.07 Å². The fourth-order valence-electron chi connectivity index (χ4n) is 6.28. The normalized spacial score (nSPS) is 11.7. The Bertz CT molecular complexity index is 2370. The van der Waals surface area contributed by atoms with Gasteiger partial charge in [0, 0.05) is 22.0 Å². The Morgan fingerprint density at radius 1 is 0.688 bits per heavy atom. The van der Waals surface area contributed by atoms with Crippen molar-refractivity contribution in [2.45, 2.75) is 26.2 Å². The number of fused-ring (bicyclic) bond motifs is 2. The molecule has 48 heavy (non-hydrogen) atoms. The van der Waals surface area contributed by atoms with Crippen molar-refractivity contribution >= 4 is 39.1 Å². The number of hydrogen-bond donors (Lipinski definition) is 2. The number of benzene rings is 5. The number of phenolic OH excluding ortho intramolecular Hbond substituents is 1. The number of aromatic amines is 1. The number of pyridine rings is 1. The highest BCUT2D eigenvalue weighted by atomic mass is 16.3. The van der Waals surface area contributed by atoms with Crippen LogP contribution in [0.15, 0.2) is 146 Å². The summed E-state index contributed by atoms with van der Waals surface area (Å²) < 4.78 is 1.85. The van der Waals surface area contributed by atoms with Crippen molar-refractivity contribution < 1.29 is 5.11 Å². The summed E-state index contributed by atoms with van der Waals surface area (Å²) in [5.41, 5.74) is 8.36. The molecule has 3 aromatic heterocycles. The van der Waals surface area contributed by atoms with E-state index in [1.807, 2.05) is 71.4 Å². The van der Waals surface area contributed by atoms with E-state index in [9.17, 15) is 5.11 Å². The number of rotatable bonds is 6. The third-order valence-corrected chi connectivity index (χ3v) is 8.82. The molecule has 0 radical (unpaired) electrons. The summed E-state index contributed by atoms with van der Waals surface area (Å²) in [4.78, 5) is 11.0. The number of aromatic hydroxyl groups is 1. The Hall–Kier alpha value is -6.14. The van der Waals surface area contributed by atoms with Gasteiger partial charge in [-0.3, -0.25) is 4.90 Å². The van der Waals surface area contributed by atoms with E-state index < -0.39 is 0 Å². The molecule has 0 spiro atoms. The summed E-state index contributed by atoms with van der Waals surface area (Å²) in [6.07, 6.45) is 0. The molecule has 6 heteroatoms. The van der Waals surface area contributed by atoms with Gasteiger partial charge < -0.3 is 10.1 Å². The molecular formula is C42H35N5O. The minimum absolute atomic E-state index is 0.106. The van der Waals surface area contributed by atoms with Crippen molar-refractivity contribution in [2.75, 3.05) is 4.90 Å². The quantitative estimate of drug-likeness (QED) is 0.193. The molecule has 0 aliphatic rings. The van der Waals surface area contributed by atoms with Crippen LogP contribution < -0.4 is 4.90 Å². The predicted molar refractivity (Wildman–Crippen MR) is 197 cm³/mol. The Balaban J connectivity index is 1.39. The van der Waals surface area contributed by atoms with Gasteiger partial charge in [-0.2, -0.15) is 0 Å². The molecule has 0 atom stereocenters. The molecule has 3 heterocycles. The summed E-state index contributed by atoms with van der Waals surface area (Å²) >= 11 is 0. The number of hydrogen-bond acceptors (Lipinski definition) is 4. The first-order valence-corrected chi connectivity index (χ1v) is 16.2. The minimum Gasteiger partial charge on any atom is -0.506 e. The van der Waals surface area contributed by atoms with Crippen LogP contribution in [0.1, 0.15) is 26.3 Å². The van der Waals surface area contributed by atoms with Gasteiger partial charge in [-0.05, 0) is 82.8 Å². The zero-order chi connectivity index (χ0) is 32.8. The van der Waals surface area contributed by atoms with Crippen molar-refractivity contribution in [3.63, 3.8) is 0 Å². The monoisotopic (exact) mass is 625 g/mol. The number of para-hydroxylation sites is 3. The van der Waals surface area contributed by atoms with Gasteiger partial charge in [0.25, 0.3) is 0 Å². The van der Waals surface area contributed by atoms with E-state index in [2.05, 4.69) is 103 Å². The number of anilines is 3. The maximum absolute atomic E-state index is 11.2. The number of phenols is 1. The smallest absolute Gasteiger partial charge is 0.169 e. The van der Waals surface area contributed by atoms with E-state index >= 15 is 0 Å². The molecule has 8 rings (SSSR count). The lowest BCUT2D eigenvalue weighted by molar-refractivity contribution is 0.469. The maximum atomic E-state index is 11.2. The summed E-state index contributed by atoms with van der Waals surface area (Å²) in [5, 5.41) is 18.5. The Labute approximate surface area is 279 Å². The largest absolute Gasteiger partial charge is 0.506 e. The van der Waals surface area contributed by atoms with Crippen LogP contribution >= 0.6 is 0 Å². The van der Waals surface area contributed by atoms with Crippen LogP contribution in [0, 0.1) is 0 Å². The SMILES string of the molecule is CC(C)(C)c1ccc(O)c(-n2nc(N(c3ccccc3)c3cc(-c4ccccc4)cc(-c4cc5ccccc5[nH]4)n3)c3ccccc32)c1. The van der Waals surface area contributed by atoms with Crippen LogP contribution in [0.25, 0.3) is 50.0 Å². The van der Waals surface area contributed by atoms with Crippen molar-refractivity contribution in [2.24, 2.45) is 0 Å². The summed E-state index contributed by atoms with van der Waals surface area (Å²) in [6.45, 7) is 6.51. The second kappa shape index (κ2) is 11.6. The fourth-order valence-corrected chi connectivity index (χ4v) is 6.28. The molecular weight excluding hydrogens is 590 g/mol. The molecule has 234 valence electrons. The standard InChI is InChI=1S/C42H35N5O/c1-42(2,3)31-22-23-39(48)38(27-31)47-37-21-13-11-19-33(37)41(45-47)46(32-17-8-5-9-18-32)40-26-30(28-14-6-4-7-15-28)25-36(44-40)35-24-29-16-10-12-20-34(29)43-35/h4-27,43,48H,1-3H3. The Morgan fingerprint density at radius 2 is 1.40 bits per heavy atom. The topological polar surface area (TPSA) is 70.0 Å². The van der Waals surface area contributed by atoms with Gasteiger partial charge in [-0.25, -0.2) is 9.67 Å². The van der Waals surface area contributed by atoms with Gasteiger partial charge in [0.2, 0.25) is 0 Å². The zero-order valence-corrected chi connectivity index (χ0v) is 27.1. The van der Waals surface area contributed by atoms with Crippen molar-refractivity contribution in [1.29, 1.82) is 0 Å². The lowest BCUT2D eigenvalue weighted by atomic mass is 9.87. The second-order valence-electron chi connectivity index (χ2n) is 13.1. The highest BCUT2D eigenvalue weighted by Crippen LogP contribution is 2.41. The highest BCUT2D eigenvalue weighted by Gasteiger charge is 2.25. The molecule has 0 saturated heterocycles. The molecule has 0 aliphatic carbocycles. The van der Waals surface area contributed by atoms with Crippen LogP contribution in [0.2, 0.25) is 0 Å². The molecule has 0 fully saturated rings. The number of aromatic nitrogens is 4. The lowest BCUT2D eigenvalue weighted by Gasteiger charge is -2.23. The fraction of sp³-hybridized carbons (Fsp3) is 0.0952.